The first-order chi connectivity index (χ1) is 16.5. The van der Waals surface area contributed by atoms with Gasteiger partial charge in [-0.25, -0.2) is 4.39 Å². The monoisotopic (exact) mass is 468 g/mol. The maximum absolute atomic E-state index is 14.5. The number of esters is 1. The lowest BCUT2D eigenvalue weighted by Crippen LogP contribution is -2.29. The summed E-state index contributed by atoms with van der Waals surface area (Å²) in [4.78, 5) is 12.6. The third-order valence-corrected chi connectivity index (χ3v) is 7.44. The third kappa shape index (κ3) is 5.51. The minimum atomic E-state index is -0.954. The van der Waals surface area contributed by atoms with E-state index >= 15 is 0 Å². The van der Waals surface area contributed by atoms with Crippen LogP contribution < -0.4 is 4.74 Å². The Kier molecular flexibility index (Phi) is 8.02. The van der Waals surface area contributed by atoms with Crippen molar-refractivity contribution < 1.29 is 23.0 Å². The summed E-state index contributed by atoms with van der Waals surface area (Å²) >= 11 is 0. The number of carbonyl (C=O) groups excluding carboxylic acids is 1. The van der Waals surface area contributed by atoms with Crippen molar-refractivity contribution in [3.63, 3.8) is 0 Å². The van der Waals surface area contributed by atoms with Crippen LogP contribution in [0.25, 0.3) is 11.1 Å². The molecule has 0 saturated heterocycles. The fourth-order valence-corrected chi connectivity index (χ4v) is 5.32. The normalized spacial score (nSPS) is 24.9. The molecule has 0 unspecified atom stereocenters. The number of allylic oxidation sites excluding steroid dienone is 1. The van der Waals surface area contributed by atoms with Gasteiger partial charge in [0, 0.05) is 5.56 Å². The Morgan fingerprint density at radius 3 is 2.24 bits per heavy atom. The number of hydrogen-bond acceptors (Lipinski definition) is 3. The van der Waals surface area contributed by atoms with E-state index in [-0.39, 0.29) is 35.9 Å². The zero-order valence-corrected chi connectivity index (χ0v) is 19.9. The van der Waals surface area contributed by atoms with Crippen LogP contribution in [0.15, 0.2) is 49.1 Å². The molecule has 5 heteroatoms. The number of halogens is 2. The molecule has 0 aromatic heterocycles. The zero-order valence-electron chi connectivity index (χ0n) is 19.9. The molecule has 0 radical (unpaired) electrons. The molecule has 2 aromatic carbocycles. The van der Waals surface area contributed by atoms with Gasteiger partial charge in [0.25, 0.3) is 0 Å². The van der Waals surface area contributed by atoms with Crippen molar-refractivity contribution >= 4 is 5.97 Å². The van der Waals surface area contributed by atoms with Crippen molar-refractivity contribution in [1.29, 1.82) is 0 Å². The van der Waals surface area contributed by atoms with Gasteiger partial charge in [0.1, 0.15) is 6.10 Å². The summed E-state index contributed by atoms with van der Waals surface area (Å²) < 4.78 is 39.8. The molecule has 0 N–H and O–H groups in total. The summed E-state index contributed by atoms with van der Waals surface area (Å²) in [7, 11) is 0. The number of hydrogen-bond donors (Lipinski definition) is 0. The van der Waals surface area contributed by atoms with E-state index in [1.165, 1.54) is 11.6 Å². The lowest BCUT2D eigenvalue weighted by atomic mass is 9.81. The van der Waals surface area contributed by atoms with Gasteiger partial charge in [-0.2, -0.15) is 4.39 Å². The molecule has 0 heterocycles. The van der Waals surface area contributed by atoms with E-state index in [0.717, 1.165) is 51.4 Å². The summed E-state index contributed by atoms with van der Waals surface area (Å²) in [6.07, 6.45) is 9.48. The van der Waals surface area contributed by atoms with Crippen LogP contribution in [-0.4, -0.2) is 18.7 Å². The molecule has 0 atom stereocenters. The quantitative estimate of drug-likeness (QED) is 0.310. The second-order valence-electron chi connectivity index (χ2n) is 9.55. The van der Waals surface area contributed by atoms with E-state index in [1.807, 2.05) is 30.3 Å². The molecular formula is C29H34F2O3. The second kappa shape index (κ2) is 11.2. The number of rotatable bonds is 7. The summed E-state index contributed by atoms with van der Waals surface area (Å²) in [6.45, 7) is 5.88. The van der Waals surface area contributed by atoms with Gasteiger partial charge in [0.2, 0.25) is 5.82 Å². The number of ether oxygens (including phenoxy) is 2. The van der Waals surface area contributed by atoms with Gasteiger partial charge in [-0.3, -0.25) is 4.79 Å². The van der Waals surface area contributed by atoms with Gasteiger partial charge in [0.05, 0.1) is 12.5 Å². The van der Waals surface area contributed by atoms with Crippen molar-refractivity contribution in [2.45, 2.75) is 70.3 Å². The molecule has 2 aliphatic carbocycles. The Labute approximate surface area is 201 Å². The Morgan fingerprint density at radius 1 is 0.941 bits per heavy atom. The zero-order chi connectivity index (χ0) is 24.1. The predicted molar refractivity (Wildman–Crippen MR) is 130 cm³/mol. The first-order valence-corrected chi connectivity index (χ1v) is 12.5. The van der Waals surface area contributed by atoms with Gasteiger partial charge in [-0.05, 0) is 93.4 Å². The van der Waals surface area contributed by atoms with Crippen molar-refractivity contribution in [2.75, 3.05) is 6.61 Å². The molecule has 2 aliphatic rings. The number of benzene rings is 2. The largest absolute Gasteiger partial charge is 0.491 e. The average molecular weight is 469 g/mol. The maximum Gasteiger partial charge on any atom is 0.309 e. The van der Waals surface area contributed by atoms with E-state index in [0.29, 0.717) is 17.4 Å². The van der Waals surface area contributed by atoms with Crippen molar-refractivity contribution in [1.82, 2.24) is 0 Å². The lowest BCUT2D eigenvalue weighted by Gasteiger charge is -2.31. The SMILES string of the molecule is C=CC1CCC(C(=O)OC2CCC(c3ccc(-c4ccc(OCC)c(F)c4F)cc3)CC2)CC1. The highest BCUT2D eigenvalue weighted by molar-refractivity contribution is 5.72. The average Bonchev–Trinajstić information content (AvgIpc) is 2.88. The van der Waals surface area contributed by atoms with Crippen LogP contribution in [-0.2, 0) is 9.53 Å². The van der Waals surface area contributed by atoms with Crippen LogP contribution in [0.1, 0.15) is 69.8 Å². The van der Waals surface area contributed by atoms with Gasteiger partial charge in [-0.1, -0.05) is 30.3 Å². The van der Waals surface area contributed by atoms with Crippen molar-refractivity contribution in [3.05, 3.63) is 66.3 Å². The first kappa shape index (κ1) is 24.4. The molecule has 2 fully saturated rings. The second-order valence-corrected chi connectivity index (χ2v) is 9.55. The van der Waals surface area contributed by atoms with E-state index in [1.54, 1.807) is 13.0 Å². The smallest absolute Gasteiger partial charge is 0.309 e. The molecule has 34 heavy (non-hydrogen) atoms. The lowest BCUT2D eigenvalue weighted by molar-refractivity contribution is -0.157. The fourth-order valence-electron chi connectivity index (χ4n) is 5.32. The van der Waals surface area contributed by atoms with Crippen LogP contribution in [0, 0.1) is 23.5 Å². The molecule has 182 valence electrons. The number of carbonyl (C=O) groups is 1. The summed E-state index contributed by atoms with van der Waals surface area (Å²) in [5, 5.41) is 0. The van der Waals surface area contributed by atoms with E-state index in [4.69, 9.17) is 9.47 Å². The van der Waals surface area contributed by atoms with E-state index < -0.39 is 11.6 Å². The molecule has 0 aliphatic heterocycles. The maximum atomic E-state index is 14.5. The Morgan fingerprint density at radius 2 is 1.62 bits per heavy atom. The van der Waals surface area contributed by atoms with Crippen LogP contribution in [0.2, 0.25) is 0 Å². The minimum Gasteiger partial charge on any atom is -0.491 e. The van der Waals surface area contributed by atoms with E-state index in [9.17, 15) is 13.6 Å². The van der Waals surface area contributed by atoms with Crippen molar-refractivity contribution in [2.24, 2.45) is 11.8 Å². The van der Waals surface area contributed by atoms with Gasteiger partial charge in [0.15, 0.2) is 11.6 Å². The molecule has 2 aromatic rings. The molecule has 4 rings (SSSR count). The topological polar surface area (TPSA) is 35.5 Å². The molecule has 0 spiro atoms. The summed E-state index contributed by atoms with van der Waals surface area (Å²) in [5.74, 6) is -0.981. The van der Waals surface area contributed by atoms with Crippen molar-refractivity contribution in [3.8, 4) is 16.9 Å². The van der Waals surface area contributed by atoms with Crippen LogP contribution in [0.3, 0.4) is 0 Å². The molecule has 2 saturated carbocycles. The molecule has 0 amide bonds. The predicted octanol–water partition coefficient (Wildman–Crippen LogP) is 7.59. The standard InChI is InChI=1S/C29H34F2O3/c1-3-19-5-7-23(8-6-19)29(32)34-24-15-13-21(14-16-24)20-9-11-22(12-10-20)25-17-18-26(33-4-2)28(31)27(25)30/h3,9-12,17-19,21,23-24H,1,4-8,13-16H2,2H3. The van der Waals surface area contributed by atoms with Gasteiger partial charge in [-0.15, -0.1) is 6.58 Å². The minimum absolute atomic E-state index is 0.000997. The fraction of sp³-hybridized carbons (Fsp3) is 0.483. The Hall–Kier alpha value is -2.69. The van der Waals surface area contributed by atoms with Crippen LogP contribution >= 0.6 is 0 Å². The summed E-state index contributed by atoms with van der Waals surface area (Å²) in [5.41, 5.74) is 2.05. The van der Waals surface area contributed by atoms with E-state index in [2.05, 4.69) is 6.58 Å². The molecule has 3 nitrogen and oxygen atoms in total. The molecular weight excluding hydrogens is 434 g/mol. The van der Waals surface area contributed by atoms with Gasteiger partial charge >= 0.3 is 5.97 Å². The highest BCUT2D eigenvalue weighted by Gasteiger charge is 2.30. The van der Waals surface area contributed by atoms with Gasteiger partial charge < -0.3 is 9.47 Å². The highest BCUT2D eigenvalue weighted by Crippen LogP contribution is 2.37. The Balaban J connectivity index is 1.31. The Bertz CT molecular complexity index is 985. The summed E-state index contributed by atoms with van der Waals surface area (Å²) in [6, 6.07) is 10.7. The van der Waals surface area contributed by atoms with Crippen LogP contribution in [0.5, 0.6) is 5.75 Å². The highest BCUT2D eigenvalue weighted by atomic mass is 19.2. The third-order valence-electron chi connectivity index (χ3n) is 7.44. The van der Waals surface area contributed by atoms with Crippen LogP contribution in [0.4, 0.5) is 8.78 Å². The molecule has 0 bridgehead atoms. The first-order valence-electron chi connectivity index (χ1n) is 12.5.